The minimum atomic E-state index is -2.34. The number of halogens is 2. The molecule has 1 aromatic rings. The molecule has 0 radical (unpaired) electrons. The Balaban J connectivity index is 2.17. The summed E-state index contributed by atoms with van der Waals surface area (Å²) in [5.41, 5.74) is 0. The lowest BCUT2D eigenvalue weighted by Gasteiger charge is -2.01. The Bertz CT molecular complexity index is 304. The molecule has 0 aliphatic heterocycles. The number of thioether (sulfide) groups is 1. The smallest absolute Gasteiger partial charge is 0.284 e. The number of rotatable bonds is 9. The number of nitrogens with one attached hydrogen (secondary N) is 1. The maximum atomic E-state index is 12.0. The van der Waals surface area contributed by atoms with Crippen molar-refractivity contribution < 1.29 is 13.2 Å². The van der Waals surface area contributed by atoms with E-state index in [1.165, 1.54) is 12.8 Å². The van der Waals surface area contributed by atoms with Crippen molar-refractivity contribution in [1.82, 2.24) is 5.32 Å². The first-order chi connectivity index (χ1) is 8.22. The molecule has 98 valence electrons. The van der Waals surface area contributed by atoms with Crippen LogP contribution in [-0.2, 0) is 12.3 Å². The van der Waals surface area contributed by atoms with Gasteiger partial charge in [-0.25, -0.2) is 0 Å². The third-order valence-electron chi connectivity index (χ3n) is 2.33. The fraction of sp³-hybridized carbons (Fsp3) is 0.667. The molecule has 0 saturated carbocycles. The molecule has 0 unspecified atom stereocenters. The van der Waals surface area contributed by atoms with Gasteiger partial charge in [-0.3, -0.25) is 0 Å². The molecule has 0 aliphatic carbocycles. The Morgan fingerprint density at radius 3 is 2.76 bits per heavy atom. The lowest BCUT2D eigenvalue weighted by Crippen LogP contribution is -2.13. The SMILES string of the molecule is CCCCCNCc1ccc(CSC(F)F)o1. The first kappa shape index (κ1) is 14.5. The predicted octanol–water partition coefficient (Wildman–Crippen LogP) is 4.02. The standard InChI is InChI=1S/C12H19F2NOS/c1-2-3-4-7-15-8-10-5-6-11(16-10)9-17-12(13)14/h5-6,12,15H,2-4,7-9H2,1H3. The van der Waals surface area contributed by atoms with Crippen LogP contribution in [0.2, 0.25) is 0 Å². The van der Waals surface area contributed by atoms with Gasteiger partial charge < -0.3 is 9.73 Å². The van der Waals surface area contributed by atoms with Gasteiger partial charge in [-0.2, -0.15) is 8.78 Å². The number of furan rings is 1. The molecule has 0 bridgehead atoms. The minimum absolute atomic E-state index is 0.230. The van der Waals surface area contributed by atoms with Crippen molar-refractivity contribution in [3.05, 3.63) is 23.7 Å². The second-order valence-corrected chi connectivity index (χ2v) is 4.80. The van der Waals surface area contributed by atoms with Crippen LogP contribution < -0.4 is 5.32 Å². The van der Waals surface area contributed by atoms with Crippen LogP contribution in [-0.4, -0.2) is 12.3 Å². The van der Waals surface area contributed by atoms with Gasteiger partial charge in [0.25, 0.3) is 5.76 Å². The van der Waals surface area contributed by atoms with E-state index in [1.807, 2.05) is 6.07 Å². The van der Waals surface area contributed by atoms with Gasteiger partial charge in [-0.05, 0) is 25.1 Å². The molecule has 17 heavy (non-hydrogen) atoms. The lowest BCUT2D eigenvalue weighted by molar-refractivity contribution is 0.251. The largest absolute Gasteiger partial charge is 0.464 e. The summed E-state index contributed by atoms with van der Waals surface area (Å²) in [6.07, 6.45) is 3.59. The number of alkyl halides is 2. The van der Waals surface area contributed by atoms with E-state index in [0.29, 0.717) is 24.1 Å². The molecule has 1 N–H and O–H groups in total. The third kappa shape index (κ3) is 6.68. The third-order valence-corrected chi connectivity index (χ3v) is 3.03. The number of unbranched alkanes of at least 4 members (excludes halogenated alkanes) is 2. The molecule has 2 nitrogen and oxygen atoms in total. The van der Waals surface area contributed by atoms with Crippen LogP contribution in [0.5, 0.6) is 0 Å². The average molecular weight is 263 g/mol. The van der Waals surface area contributed by atoms with Crippen molar-refractivity contribution in [2.45, 2.75) is 44.2 Å². The highest BCUT2D eigenvalue weighted by Crippen LogP contribution is 2.21. The lowest BCUT2D eigenvalue weighted by atomic mass is 10.2. The van der Waals surface area contributed by atoms with Gasteiger partial charge in [0.2, 0.25) is 0 Å². The summed E-state index contributed by atoms with van der Waals surface area (Å²) < 4.78 is 29.3. The van der Waals surface area contributed by atoms with Crippen molar-refractivity contribution >= 4 is 11.8 Å². The van der Waals surface area contributed by atoms with Gasteiger partial charge in [-0.1, -0.05) is 31.5 Å². The maximum Gasteiger partial charge on any atom is 0.284 e. The number of hydrogen-bond acceptors (Lipinski definition) is 3. The Labute approximate surface area is 105 Å². The topological polar surface area (TPSA) is 25.2 Å². The number of hydrogen-bond donors (Lipinski definition) is 1. The average Bonchev–Trinajstić information content (AvgIpc) is 2.74. The molecule has 0 atom stereocenters. The van der Waals surface area contributed by atoms with Gasteiger partial charge in [0.05, 0.1) is 12.3 Å². The van der Waals surface area contributed by atoms with Crippen molar-refractivity contribution in [3.8, 4) is 0 Å². The van der Waals surface area contributed by atoms with Gasteiger partial charge in [0.15, 0.2) is 0 Å². The molecule has 1 heterocycles. The fourth-order valence-electron chi connectivity index (χ4n) is 1.45. The van der Waals surface area contributed by atoms with Crippen molar-refractivity contribution in [2.75, 3.05) is 6.54 Å². The quantitative estimate of drug-likeness (QED) is 0.681. The molecule has 0 amide bonds. The highest BCUT2D eigenvalue weighted by atomic mass is 32.2. The molecule has 1 rings (SSSR count). The van der Waals surface area contributed by atoms with Crippen LogP contribution in [0.4, 0.5) is 8.78 Å². The van der Waals surface area contributed by atoms with Gasteiger partial charge in [-0.15, -0.1) is 0 Å². The van der Waals surface area contributed by atoms with E-state index in [0.717, 1.165) is 18.7 Å². The van der Waals surface area contributed by atoms with E-state index in [-0.39, 0.29) is 5.75 Å². The Morgan fingerprint density at radius 2 is 2.06 bits per heavy atom. The monoisotopic (exact) mass is 263 g/mol. The van der Waals surface area contributed by atoms with Crippen LogP contribution in [0, 0.1) is 0 Å². The summed E-state index contributed by atoms with van der Waals surface area (Å²) in [5, 5.41) is 3.27. The summed E-state index contributed by atoms with van der Waals surface area (Å²) >= 11 is 0.585. The normalized spacial score (nSPS) is 11.3. The highest BCUT2D eigenvalue weighted by molar-refractivity contribution is 7.98. The molecule has 0 saturated heterocycles. The molecule has 1 aromatic heterocycles. The maximum absolute atomic E-state index is 12.0. The van der Waals surface area contributed by atoms with E-state index in [2.05, 4.69) is 12.2 Å². The zero-order valence-electron chi connectivity index (χ0n) is 10.0. The summed E-state index contributed by atoms with van der Waals surface area (Å²) in [4.78, 5) is 0. The van der Waals surface area contributed by atoms with Crippen LogP contribution in [0.25, 0.3) is 0 Å². The molecular weight excluding hydrogens is 244 g/mol. The summed E-state index contributed by atoms with van der Waals surface area (Å²) in [6, 6.07) is 3.60. The van der Waals surface area contributed by atoms with Gasteiger partial charge in [0.1, 0.15) is 11.5 Å². The van der Waals surface area contributed by atoms with Crippen LogP contribution >= 0.6 is 11.8 Å². The zero-order chi connectivity index (χ0) is 12.5. The molecule has 0 fully saturated rings. The highest BCUT2D eigenvalue weighted by Gasteiger charge is 2.06. The summed E-state index contributed by atoms with van der Waals surface area (Å²) in [5.74, 6) is -0.684. The molecular formula is C12H19F2NOS. The van der Waals surface area contributed by atoms with Gasteiger partial charge >= 0.3 is 0 Å². The molecule has 0 aromatic carbocycles. The van der Waals surface area contributed by atoms with Crippen molar-refractivity contribution in [2.24, 2.45) is 0 Å². The fourth-order valence-corrected chi connectivity index (χ4v) is 1.90. The van der Waals surface area contributed by atoms with Crippen molar-refractivity contribution in [1.29, 1.82) is 0 Å². The predicted molar refractivity (Wildman–Crippen MR) is 67.2 cm³/mol. The van der Waals surface area contributed by atoms with E-state index >= 15 is 0 Å². The summed E-state index contributed by atoms with van der Waals surface area (Å²) in [7, 11) is 0. The first-order valence-corrected chi connectivity index (χ1v) is 6.95. The van der Waals surface area contributed by atoms with Crippen molar-refractivity contribution in [3.63, 3.8) is 0 Å². The van der Waals surface area contributed by atoms with E-state index in [9.17, 15) is 8.78 Å². The first-order valence-electron chi connectivity index (χ1n) is 5.90. The molecule has 0 aliphatic rings. The van der Waals surface area contributed by atoms with E-state index < -0.39 is 5.76 Å². The molecule has 5 heteroatoms. The Kier molecular flexibility index (Phi) is 7.28. The van der Waals surface area contributed by atoms with Crippen LogP contribution in [0.1, 0.15) is 37.7 Å². The molecule has 0 spiro atoms. The van der Waals surface area contributed by atoms with Gasteiger partial charge in [0, 0.05) is 0 Å². The Morgan fingerprint density at radius 1 is 1.29 bits per heavy atom. The van der Waals surface area contributed by atoms with Crippen LogP contribution in [0.3, 0.4) is 0 Å². The minimum Gasteiger partial charge on any atom is -0.464 e. The van der Waals surface area contributed by atoms with E-state index in [4.69, 9.17) is 4.42 Å². The summed E-state index contributed by atoms with van der Waals surface area (Å²) in [6.45, 7) is 3.80. The van der Waals surface area contributed by atoms with Crippen LogP contribution in [0.15, 0.2) is 16.5 Å². The Hall–Kier alpha value is -0.550. The second kappa shape index (κ2) is 8.53. The van der Waals surface area contributed by atoms with E-state index in [1.54, 1.807) is 6.07 Å². The zero-order valence-corrected chi connectivity index (χ0v) is 10.9. The second-order valence-electron chi connectivity index (χ2n) is 3.82.